The van der Waals surface area contributed by atoms with E-state index in [1.54, 1.807) is 0 Å². The van der Waals surface area contributed by atoms with Gasteiger partial charge < -0.3 is 11.1 Å². The van der Waals surface area contributed by atoms with Crippen LogP contribution in [0.5, 0.6) is 0 Å². The molecule has 0 heterocycles. The maximum absolute atomic E-state index is 12.9. The average Bonchev–Trinajstić information content (AvgIpc) is 2.35. The standard InChI is InChI=1S/C11H14F2N2O3S.ClH/c1-19(17,18)9-4-2-3-8(5-9)10(16)15-7-11(12,13)6-14;/h2-5H,6-7,14H2,1H3,(H,15,16);1H. The molecule has 0 aliphatic heterocycles. The van der Waals surface area contributed by atoms with Crippen LogP contribution in [0.1, 0.15) is 10.4 Å². The second-order valence-electron chi connectivity index (χ2n) is 4.04. The van der Waals surface area contributed by atoms with Gasteiger partial charge >= 0.3 is 0 Å². The van der Waals surface area contributed by atoms with Gasteiger partial charge in [-0.05, 0) is 18.2 Å². The number of alkyl halides is 2. The molecule has 0 aliphatic carbocycles. The summed E-state index contributed by atoms with van der Waals surface area (Å²) < 4.78 is 48.3. The molecule has 20 heavy (non-hydrogen) atoms. The first-order valence-electron chi connectivity index (χ1n) is 5.32. The molecule has 1 aromatic carbocycles. The molecule has 0 aromatic heterocycles. The first-order valence-corrected chi connectivity index (χ1v) is 7.21. The monoisotopic (exact) mass is 328 g/mol. The fourth-order valence-electron chi connectivity index (χ4n) is 1.25. The first-order chi connectivity index (χ1) is 8.65. The molecule has 3 N–H and O–H groups in total. The van der Waals surface area contributed by atoms with Crippen LogP contribution in [0.3, 0.4) is 0 Å². The second kappa shape index (κ2) is 6.96. The van der Waals surface area contributed by atoms with Crippen LogP contribution in [-0.2, 0) is 9.84 Å². The lowest BCUT2D eigenvalue weighted by Gasteiger charge is -2.14. The summed E-state index contributed by atoms with van der Waals surface area (Å²) in [5, 5.41) is 2.01. The second-order valence-corrected chi connectivity index (χ2v) is 6.06. The van der Waals surface area contributed by atoms with E-state index in [0.717, 1.165) is 12.3 Å². The molecule has 0 saturated carbocycles. The molecular weight excluding hydrogens is 314 g/mol. The quantitative estimate of drug-likeness (QED) is 0.838. The van der Waals surface area contributed by atoms with Crippen molar-refractivity contribution in [1.82, 2.24) is 5.32 Å². The largest absolute Gasteiger partial charge is 0.346 e. The van der Waals surface area contributed by atoms with E-state index < -0.39 is 34.8 Å². The molecule has 114 valence electrons. The molecule has 0 atom stereocenters. The van der Waals surface area contributed by atoms with Crippen LogP contribution >= 0.6 is 12.4 Å². The van der Waals surface area contributed by atoms with Gasteiger partial charge in [-0.2, -0.15) is 0 Å². The minimum Gasteiger partial charge on any atom is -0.346 e. The van der Waals surface area contributed by atoms with Crippen molar-refractivity contribution in [3.05, 3.63) is 29.8 Å². The maximum Gasteiger partial charge on any atom is 0.277 e. The molecule has 1 rings (SSSR count). The number of hydrogen-bond acceptors (Lipinski definition) is 4. The number of nitrogens with two attached hydrogens (primary N) is 1. The zero-order valence-corrected chi connectivity index (χ0v) is 12.2. The summed E-state index contributed by atoms with van der Waals surface area (Å²) in [6.45, 7) is -1.78. The van der Waals surface area contributed by atoms with Gasteiger partial charge in [0.15, 0.2) is 9.84 Å². The van der Waals surface area contributed by atoms with Crippen molar-refractivity contribution in [2.75, 3.05) is 19.3 Å². The summed E-state index contributed by atoms with van der Waals surface area (Å²) in [4.78, 5) is 11.6. The van der Waals surface area contributed by atoms with Crippen LogP contribution in [0.4, 0.5) is 8.78 Å². The third kappa shape index (κ3) is 5.40. The molecule has 1 aromatic rings. The molecule has 0 bridgehead atoms. The van der Waals surface area contributed by atoms with Gasteiger partial charge in [-0.1, -0.05) is 6.07 Å². The number of carbonyl (C=O) groups excluding carboxylic acids is 1. The highest BCUT2D eigenvalue weighted by molar-refractivity contribution is 7.90. The number of nitrogens with one attached hydrogen (secondary N) is 1. The zero-order chi connectivity index (χ0) is 14.7. The molecule has 0 fully saturated rings. The van der Waals surface area contributed by atoms with E-state index in [4.69, 9.17) is 5.73 Å². The third-order valence-corrected chi connectivity index (χ3v) is 3.44. The molecule has 0 spiro atoms. The van der Waals surface area contributed by atoms with Crippen molar-refractivity contribution in [3.8, 4) is 0 Å². The smallest absolute Gasteiger partial charge is 0.277 e. The lowest BCUT2D eigenvalue weighted by atomic mass is 10.2. The maximum atomic E-state index is 12.9. The van der Waals surface area contributed by atoms with Crippen molar-refractivity contribution in [3.63, 3.8) is 0 Å². The van der Waals surface area contributed by atoms with E-state index in [1.165, 1.54) is 18.2 Å². The highest BCUT2D eigenvalue weighted by Gasteiger charge is 2.27. The van der Waals surface area contributed by atoms with Gasteiger partial charge in [0.05, 0.1) is 18.0 Å². The van der Waals surface area contributed by atoms with Crippen molar-refractivity contribution < 1.29 is 22.0 Å². The molecule has 0 radical (unpaired) electrons. The zero-order valence-electron chi connectivity index (χ0n) is 10.6. The minimum absolute atomic E-state index is 0. The number of halogens is 3. The van der Waals surface area contributed by atoms with Crippen LogP contribution in [0.2, 0.25) is 0 Å². The fraction of sp³-hybridized carbons (Fsp3) is 0.364. The van der Waals surface area contributed by atoms with Gasteiger partial charge in [0.1, 0.15) is 0 Å². The van der Waals surface area contributed by atoms with Crippen LogP contribution in [0.15, 0.2) is 29.2 Å². The summed E-state index contributed by atoms with van der Waals surface area (Å²) >= 11 is 0. The minimum atomic E-state index is -3.45. The van der Waals surface area contributed by atoms with E-state index >= 15 is 0 Å². The Hall–Kier alpha value is -1.25. The lowest BCUT2D eigenvalue weighted by Crippen LogP contribution is -2.41. The summed E-state index contributed by atoms with van der Waals surface area (Å²) in [5.74, 6) is -3.97. The summed E-state index contributed by atoms with van der Waals surface area (Å²) in [7, 11) is -3.45. The Balaban J connectivity index is 0.00000361. The number of amides is 1. The number of benzene rings is 1. The van der Waals surface area contributed by atoms with Crippen LogP contribution in [-0.4, -0.2) is 39.6 Å². The third-order valence-electron chi connectivity index (χ3n) is 2.33. The van der Waals surface area contributed by atoms with Crippen molar-refractivity contribution in [1.29, 1.82) is 0 Å². The van der Waals surface area contributed by atoms with Crippen LogP contribution in [0.25, 0.3) is 0 Å². The highest BCUT2D eigenvalue weighted by Crippen LogP contribution is 2.12. The average molecular weight is 329 g/mol. The van der Waals surface area contributed by atoms with E-state index in [1.807, 2.05) is 5.32 Å². The number of sulfone groups is 1. The number of hydrogen-bond donors (Lipinski definition) is 2. The molecule has 0 unspecified atom stereocenters. The normalized spacial score (nSPS) is 11.6. The molecule has 5 nitrogen and oxygen atoms in total. The Bertz CT molecular complexity index is 579. The molecule has 1 amide bonds. The first kappa shape index (κ1) is 18.8. The van der Waals surface area contributed by atoms with Crippen molar-refractivity contribution >= 4 is 28.2 Å². The molecule has 0 aliphatic rings. The summed E-state index contributed by atoms with van der Waals surface area (Å²) in [5.41, 5.74) is 4.83. The Labute approximate surface area is 121 Å². The van der Waals surface area contributed by atoms with Gasteiger partial charge in [-0.15, -0.1) is 12.4 Å². The Morgan fingerprint density at radius 2 is 2.00 bits per heavy atom. The molecular formula is C11H15ClF2N2O3S. The van der Waals surface area contributed by atoms with E-state index in [2.05, 4.69) is 0 Å². The van der Waals surface area contributed by atoms with Gasteiger partial charge in [0.25, 0.3) is 11.8 Å². The van der Waals surface area contributed by atoms with Crippen molar-refractivity contribution in [2.45, 2.75) is 10.8 Å². The highest BCUT2D eigenvalue weighted by atomic mass is 35.5. The van der Waals surface area contributed by atoms with Gasteiger partial charge in [0.2, 0.25) is 0 Å². The van der Waals surface area contributed by atoms with E-state index in [0.29, 0.717) is 0 Å². The number of carbonyl (C=O) groups is 1. The number of rotatable bonds is 5. The Kier molecular flexibility index (Phi) is 6.52. The lowest BCUT2D eigenvalue weighted by molar-refractivity contribution is 0.0118. The fourth-order valence-corrected chi connectivity index (χ4v) is 1.92. The topological polar surface area (TPSA) is 89.3 Å². The Morgan fingerprint density at radius 3 is 2.50 bits per heavy atom. The summed E-state index contributed by atoms with van der Waals surface area (Å²) in [6, 6.07) is 5.16. The van der Waals surface area contributed by atoms with Crippen LogP contribution < -0.4 is 11.1 Å². The predicted molar refractivity (Wildman–Crippen MR) is 73.1 cm³/mol. The van der Waals surface area contributed by atoms with Crippen molar-refractivity contribution in [2.24, 2.45) is 5.73 Å². The SMILES string of the molecule is CS(=O)(=O)c1cccc(C(=O)NCC(F)(F)CN)c1.Cl. The Morgan fingerprint density at radius 1 is 1.40 bits per heavy atom. The van der Waals surface area contributed by atoms with Gasteiger partial charge in [-0.25, -0.2) is 17.2 Å². The molecule has 9 heteroatoms. The predicted octanol–water partition coefficient (Wildman–Crippen LogP) is 0.836. The van der Waals surface area contributed by atoms with Crippen LogP contribution in [0, 0.1) is 0 Å². The summed E-state index contributed by atoms with van der Waals surface area (Å²) in [6.07, 6.45) is 0.993. The van der Waals surface area contributed by atoms with Gasteiger partial charge in [-0.3, -0.25) is 4.79 Å². The van der Waals surface area contributed by atoms with E-state index in [-0.39, 0.29) is 22.9 Å². The molecule has 0 saturated heterocycles. The van der Waals surface area contributed by atoms with E-state index in [9.17, 15) is 22.0 Å². The van der Waals surface area contributed by atoms with Gasteiger partial charge in [0, 0.05) is 11.8 Å².